The highest BCUT2D eigenvalue weighted by Gasteiger charge is 2.29. The smallest absolute Gasteiger partial charge is 0.313 e. The Morgan fingerprint density at radius 3 is 2.58 bits per heavy atom. The van der Waals surface area contributed by atoms with Crippen LogP contribution in [0.3, 0.4) is 0 Å². The lowest BCUT2D eigenvalue weighted by Crippen LogP contribution is -2.33. The molecule has 0 aliphatic carbocycles. The van der Waals surface area contributed by atoms with Crippen molar-refractivity contribution in [3.63, 3.8) is 0 Å². The third-order valence-corrected chi connectivity index (χ3v) is 3.34. The number of halogens is 4. The summed E-state index contributed by atoms with van der Waals surface area (Å²) in [4.78, 5) is 1.29. The van der Waals surface area contributed by atoms with Crippen LogP contribution in [0.4, 0.5) is 13.2 Å². The van der Waals surface area contributed by atoms with Crippen molar-refractivity contribution >= 4 is 15.9 Å². The third-order valence-electron chi connectivity index (χ3n) is 2.85. The van der Waals surface area contributed by atoms with Crippen molar-refractivity contribution in [3.05, 3.63) is 34.3 Å². The first-order valence-electron chi connectivity index (χ1n) is 6.00. The zero-order valence-electron chi connectivity index (χ0n) is 11.0. The van der Waals surface area contributed by atoms with E-state index in [2.05, 4.69) is 21.2 Å². The predicted octanol–water partition coefficient (Wildman–Crippen LogP) is 3.59. The van der Waals surface area contributed by atoms with Crippen LogP contribution in [-0.2, 0) is 0 Å². The lowest BCUT2D eigenvalue weighted by atomic mass is 10.0. The van der Waals surface area contributed by atoms with Gasteiger partial charge < -0.3 is 5.32 Å². The van der Waals surface area contributed by atoms with Crippen molar-refractivity contribution in [2.75, 3.05) is 27.2 Å². The number of alkyl halides is 3. The van der Waals surface area contributed by atoms with E-state index >= 15 is 0 Å². The summed E-state index contributed by atoms with van der Waals surface area (Å²) < 4.78 is 37.6. The Hall–Kier alpha value is -0.590. The summed E-state index contributed by atoms with van der Waals surface area (Å²) in [6.07, 6.45) is -3.51. The van der Waals surface area contributed by atoms with E-state index in [9.17, 15) is 13.2 Å². The molecular formula is C13H18BrF3N2. The fourth-order valence-corrected chi connectivity index (χ4v) is 2.35. The molecule has 0 radical (unpaired) electrons. The molecule has 0 fully saturated rings. The molecule has 1 aromatic carbocycles. The van der Waals surface area contributed by atoms with Gasteiger partial charge in [0.1, 0.15) is 0 Å². The fourth-order valence-electron chi connectivity index (χ4n) is 1.94. The molecule has 0 spiro atoms. The Labute approximate surface area is 120 Å². The Balaban J connectivity index is 2.54. The Morgan fingerprint density at radius 2 is 2.05 bits per heavy atom. The molecule has 0 aromatic heterocycles. The van der Waals surface area contributed by atoms with Gasteiger partial charge in [0.25, 0.3) is 0 Å². The normalized spacial score (nSPS) is 13.8. The zero-order chi connectivity index (χ0) is 14.5. The van der Waals surface area contributed by atoms with E-state index in [0.717, 1.165) is 10.0 Å². The highest BCUT2D eigenvalue weighted by Crippen LogP contribution is 2.21. The third kappa shape index (κ3) is 6.40. The minimum atomic E-state index is -4.14. The van der Waals surface area contributed by atoms with Crippen molar-refractivity contribution in [3.8, 4) is 0 Å². The maximum atomic E-state index is 12.2. The molecule has 1 rings (SSSR count). The molecule has 108 valence electrons. The molecule has 0 saturated carbocycles. The minimum Gasteiger partial charge on any atom is -0.313 e. The second kappa shape index (κ2) is 7.26. The van der Waals surface area contributed by atoms with E-state index in [1.54, 1.807) is 0 Å². The summed E-state index contributed by atoms with van der Waals surface area (Å²) in [5.41, 5.74) is 1.07. The molecule has 1 N–H and O–H groups in total. The average molecular weight is 339 g/mol. The van der Waals surface area contributed by atoms with Crippen LogP contribution in [-0.4, -0.2) is 38.3 Å². The predicted molar refractivity (Wildman–Crippen MR) is 74.1 cm³/mol. The van der Waals surface area contributed by atoms with Crippen molar-refractivity contribution < 1.29 is 13.2 Å². The number of benzene rings is 1. The minimum absolute atomic E-state index is 0.0492. The van der Waals surface area contributed by atoms with Crippen LogP contribution in [0.1, 0.15) is 18.0 Å². The van der Waals surface area contributed by atoms with Gasteiger partial charge in [-0.1, -0.05) is 28.1 Å². The maximum Gasteiger partial charge on any atom is 0.401 e. The van der Waals surface area contributed by atoms with Crippen LogP contribution in [0.15, 0.2) is 28.7 Å². The van der Waals surface area contributed by atoms with Gasteiger partial charge in [0, 0.05) is 10.5 Å². The summed E-state index contributed by atoms with van der Waals surface area (Å²) in [5.74, 6) is 0. The molecule has 2 nitrogen and oxygen atoms in total. The van der Waals surface area contributed by atoms with Crippen LogP contribution >= 0.6 is 15.9 Å². The van der Waals surface area contributed by atoms with Gasteiger partial charge >= 0.3 is 6.18 Å². The highest BCUT2D eigenvalue weighted by molar-refractivity contribution is 9.10. The van der Waals surface area contributed by atoms with Crippen LogP contribution in [0, 0.1) is 0 Å². The number of nitrogens with one attached hydrogen (secondary N) is 1. The summed E-state index contributed by atoms with van der Waals surface area (Å²) in [6.45, 7) is -0.487. The van der Waals surface area contributed by atoms with E-state index in [1.165, 1.54) is 11.9 Å². The second-order valence-electron chi connectivity index (χ2n) is 4.54. The van der Waals surface area contributed by atoms with Crippen molar-refractivity contribution in [2.45, 2.75) is 18.6 Å². The van der Waals surface area contributed by atoms with Crippen molar-refractivity contribution in [1.29, 1.82) is 0 Å². The van der Waals surface area contributed by atoms with Crippen LogP contribution in [0.5, 0.6) is 0 Å². The molecule has 1 unspecified atom stereocenters. The van der Waals surface area contributed by atoms with Crippen LogP contribution < -0.4 is 5.32 Å². The van der Waals surface area contributed by atoms with E-state index in [4.69, 9.17) is 0 Å². The van der Waals surface area contributed by atoms with Crippen LogP contribution in [0.2, 0.25) is 0 Å². The van der Waals surface area contributed by atoms with Crippen molar-refractivity contribution in [1.82, 2.24) is 10.2 Å². The molecule has 0 aliphatic heterocycles. The number of nitrogens with zero attached hydrogens (tertiary/aromatic N) is 1. The molecule has 1 atom stereocenters. The largest absolute Gasteiger partial charge is 0.401 e. The Bertz CT molecular complexity index is 396. The lowest BCUT2D eigenvalue weighted by molar-refractivity contribution is -0.143. The molecule has 0 aliphatic rings. The first-order chi connectivity index (χ1) is 8.81. The SMILES string of the molecule is CNC(CCN(C)CC(F)(F)F)c1cccc(Br)c1. The number of rotatable bonds is 6. The zero-order valence-corrected chi connectivity index (χ0v) is 12.6. The molecular weight excluding hydrogens is 321 g/mol. The Kier molecular flexibility index (Phi) is 6.29. The lowest BCUT2D eigenvalue weighted by Gasteiger charge is -2.22. The van der Waals surface area contributed by atoms with Crippen LogP contribution in [0.25, 0.3) is 0 Å². The van der Waals surface area contributed by atoms with Gasteiger partial charge in [-0.05, 0) is 44.8 Å². The topological polar surface area (TPSA) is 15.3 Å². The molecule has 0 heterocycles. The van der Waals surface area contributed by atoms with Gasteiger partial charge in [0.2, 0.25) is 0 Å². The highest BCUT2D eigenvalue weighted by atomic mass is 79.9. The molecule has 19 heavy (non-hydrogen) atoms. The second-order valence-corrected chi connectivity index (χ2v) is 5.45. The van der Waals surface area contributed by atoms with E-state index in [0.29, 0.717) is 13.0 Å². The van der Waals surface area contributed by atoms with Gasteiger partial charge in [0.15, 0.2) is 0 Å². The maximum absolute atomic E-state index is 12.2. The summed E-state index contributed by atoms with van der Waals surface area (Å²) >= 11 is 3.39. The molecule has 0 amide bonds. The number of hydrogen-bond acceptors (Lipinski definition) is 2. The molecule has 0 bridgehead atoms. The van der Waals surface area contributed by atoms with Gasteiger partial charge in [-0.25, -0.2) is 0 Å². The molecule has 1 aromatic rings. The van der Waals surface area contributed by atoms with Gasteiger partial charge in [-0.2, -0.15) is 13.2 Å². The monoisotopic (exact) mass is 338 g/mol. The van der Waals surface area contributed by atoms with Gasteiger partial charge in [0.05, 0.1) is 6.54 Å². The fraction of sp³-hybridized carbons (Fsp3) is 0.538. The summed E-state index contributed by atoms with van der Waals surface area (Å²) in [5, 5.41) is 3.14. The van der Waals surface area contributed by atoms with E-state index in [-0.39, 0.29) is 6.04 Å². The standard InChI is InChI=1S/C13H18BrF3N2/c1-18-12(10-4-3-5-11(14)8-10)6-7-19(2)9-13(15,16)17/h3-5,8,12,18H,6-7,9H2,1-2H3. The van der Waals surface area contributed by atoms with Crippen molar-refractivity contribution in [2.24, 2.45) is 0 Å². The molecule has 0 saturated heterocycles. The Morgan fingerprint density at radius 1 is 1.37 bits per heavy atom. The van der Waals surface area contributed by atoms with E-state index in [1.807, 2.05) is 31.3 Å². The molecule has 6 heteroatoms. The summed E-state index contributed by atoms with van der Waals surface area (Å²) in [6, 6.07) is 7.84. The average Bonchev–Trinajstić information content (AvgIpc) is 2.27. The quantitative estimate of drug-likeness (QED) is 0.852. The van der Waals surface area contributed by atoms with E-state index < -0.39 is 12.7 Å². The number of hydrogen-bond donors (Lipinski definition) is 1. The first kappa shape index (κ1) is 16.5. The first-order valence-corrected chi connectivity index (χ1v) is 6.79. The van der Waals surface area contributed by atoms with Gasteiger partial charge in [-0.15, -0.1) is 0 Å². The van der Waals surface area contributed by atoms with Gasteiger partial charge in [-0.3, -0.25) is 4.90 Å². The summed E-state index contributed by atoms with van der Waals surface area (Å²) in [7, 11) is 3.30.